The molecular weight excluding hydrogens is 458 g/mol. The first-order valence-electron chi connectivity index (χ1n) is 13.7. The zero-order valence-electron chi connectivity index (χ0n) is 24.2. The normalized spacial score (nSPS) is 13.5. The number of aryl methyl sites for hydroxylation is 1. The molecule has 1 aliphatic rings. The van der Waals surface area contributed by atoms with Crippen LogP contribution in [0.5, 0.6) is 0 Å². The van der Waals surface area contributed by atoms with Gasteiger partial charge in [-0.1, -0.05) is 77.1 Å². The van der Waals surface area contributed by atoms with Crippen LogP contribution in [0, 0.1) is 6.92 Å². The van der Waals surface area contributed by atoms with Crippen molar-refractivity contribution in [1.29, 1.82) is 0 Å². The molecule has 3 heterocycles. The van der Waals surface area contributed by atoms with E-state index >= 15 is 0 Å². The molecule has 37 heavy (non-hydrogen) atoms. The maximum atomic E-state index is 4.78. The van der Waals surface area contributed by atoms with Gasteiger partial charge in [0, 0.05) is 31.6 Å². The largest absolute Gasteiger partial charge is 0.353 e. The van der Waals surface area contributed by atoms with E-state index in [0.717, 1.165) is 60.1 Å². The predicted molar refractivity (Wildman–Crippen MR) is 156 cm³/mol. The fourth-order valence-electron chi connectivity index (χ4n) is 4.30. The smallest absolute Gasteiger partial charge is 0.140 e. The average molecular weight is 504 g/mol. The van der Waals surface area contributed by atoms with E-state index in [4.69, 9.17) is 4.98 Å². The number of hydrogen-bond acceptors (Lipinski definition) is 6. The van der Waals surface area contributed by atoms with E-state index in [1.165, 1.54) is 0 Å². The van der Waals surface area contributed by atoms with Gasteiger partial charge in [-0.2, -0.15) is 0 Å². The number of para-hydroxylation sites is 2. The van der Waals surface area contributed by atoms with Crippen LogP contribution in [0.4, 0.5) is 5.82 Å². The van der Waals surface area contributed by atoms with Gasteiger partial charge in [0.25, 0.3) is 0 Å². The molecule has 1 saturated heterocycles. The van der Waals surface area contributed by atoms with Crippen LogP contribution in [0.2, 0.25) is 0 Å². The summed E-state index contributed by atoms with van der Waals surface area (Å²) in [5.41, 5.74) is 2.80. The molecular formula is C30H45N7. The van der Waals surface area contributed by atoms with Crippen molar-refractivity contribution in [3.05, 3.63) is 72.3 Å². The van der Waals surface area contributed by atoms with Gasteiger partial charge in [0.15, 0.2) is 0 Å². The summed E-state index contributed by atoms with van der Waals surface area (Å²) in [5.74, 6) is 1.85. The number of benzene rings is 2. The van der Waals surface area contributed by atoms with Gasteiger partial charge in [-0.25, -0.2) is 14.6 Å². The molecule has 7 nitrogen and oxygen atoms in total. The Labute approximate surface area is 223 Å². The average Bonchev–Trinajstić information content (AvgIpc) is 3.48. The number of fused-ring (bicyclic) bond motifs is 1. The van der Waals surface area contributed by atoms with E-state index in [1.54, 1.807) is 0 Å². The first-order chi connectivity index (χ1) is 18.0. The first-order valence-corrected chi connectivity index (χ1v) is 13.7. The lowest BCUT2D eigenvalue weighted by atomic mass is 9.97. The highest BCUT2D eigenvalue weighted by atomic mass is 15.4. The molecule has 0 unspecified atom stereocenters. The van der Waals surface area contributed by atoms with Gasteiger partial charge >= 0.3 is 0 Å². The zero-order valence-corrected chi connectivity index (χ0v) is 24.2. The van der Waals surface area contributed by atoms with Crippen molar-refractivity contribution < 1.29 is 0 Å². The molecule has 0 spiro atoms. The Morgan fingerprint density at radius 3 is 1.97 bits per heavy atom. The van der Waals surface area contributed by atoms with E-state index in [-0.39, 0.29) is 5.54 Å². The van der Waals surface area contributed by atoms with Crippen LogP contribution in [0.1, 0.15) is 66.9 Å². The molecule has 0 aliphatic carbocycles. The minimum atomic E-state index is -0.206. The molecule has 4 aromatic rings. The maximum Gasteiger partial charge on any atom is 0.140 e. The standard InChI is InChI=1S/C24H27N7.3C2H6/c1-18-25-21-12-8-7-11-20(21)23(26-18)29-13-15-30(16-14-29)24(2,3)22-17-31(28-27-22)19-9-5-4-6-10-19;3*1-2/h4-12,17H,13-16H2,1-3H3;3*1-2H3. The number of rotatable bonds is 4. The van der Waals surface area contributed by atoms with E-state index in [1.807, 2.05) is 95.7 Å². The number of piperazine rings is 1. The molecule has 5 rings (SSSR count). The van der Waals surface area contributed by atoms with Gasteiger partial charge in [0.1, 0.15) is 17.3 Å². The minimum absolute atomic E-state index is 0.206. The van der Waals surface area contributed by atoms with E-state index in [9.17, 15) is 0 Å². The molecule has 0 saturated carbocycles. The summed E-state index contributed by atoms with van der Waals surface area (Å²) < 4.78 is 1.85. The summed E-state index contributed by atoms with van der Waals surface area (Å²) in [6.07, 6.45) is 2.04. The van der Waals surface area contributed by atoms with Crippen molar-refractivity contribution >= 4 is 16.7 Å². The van der Waals surface area contributed by atoms with Crippen molar-refractivity contribution in [3.8, 4) is 5.69 Å². The quantitative estimate of drug-likeness (QED) is 0.310. The van der Waals surface area contributed by atoms with Crippen molar-refractivity contribution in [3.63, 3.8) is 0 Å². The molecule has 0 amide bonds. The van der Waals surface area contributed by atoms with Crippen LogP contribution < -0.4 is 4.90 Å². The summed E-state index contributed by atoms with van der Waals surface area (Å²) in [7, 11) is 0. The van der Waals surface area contributed by atoms with Crippen LogP contribution in [-0.2, 0) is 5.54 Å². The van der Waals surface area contributed by atoms with Crippen LogP contribution in [0.15, 0.2) is 60.8 Å². The molecule has 0 bridgehead atoms. The number of nitrogens with zero attached hydrogens (tertiary/aromatic N) is 7. The monoisotopic (exact) mass is 503 g/mol. The highest BCUT2D eigenvalue weighted by molar-refractivity contribution is 5.89. The topological polar surface area (TPSA) is 63.0 Å². The van der Waals surface area contributed by atoms with Gasteiger partial charge in [0.2, 0.25) is 0 Å². The van der Waals surface area contributed by atoms with E-state index in [2.05, 4.69) is 57.1 Å². The second-order valence-corrected chi connectivity index (χ2v) is 8.53. The molecule has 0 radical (unpaired) electrons. The Balaban J connectivity index is 0.000000750. The minimum Gasteiger partial charge on any atom is -0.353 e. The molecule has 200 valence electrons. The lowest BCUT2D eigenvalue weighted by molar-refractivity contribution is 0.107. The van der Waals surface area contributed by atoms with Gasteiger partial charge in [-0.3, -0.25) is 4.90 Å². The summed E-state index contributed by atoms with van der Waals surface area (Å²) >= 11 is 0. The molecule has 7 heteroatoms. The molecule has 2 aromatic heterocycles. The maximum absolute atomic E-state index is 4.78. The molecule has 0 atom stereocenters. The summed E-state index contributed by atoms with van der Waals surface area (Å²) in [5, 5.41) is 9.99. The van der Waals surface area contributed by atoms with Gasteiger partial charge in [0.05, 0.1) is 22.9 Å². The van der Waals surface area contributed by atoms with Gasteiger partial charge in [-0.15, -0.1) is 5.10 Å². The van der Waals surface area contributed by atoms with Crippen molar-refractivity contribution in [1.82, 2.24) is 29.9 Å². The van der Waals surface area contributed by atoms with Crippen molar-refractivity contribution in [2.75, 3.05) is 31.1 Å². The van der Waals surface area contributed by atoms with Crippen LogP contribution in [0.3, 0.4) is 0 Å². The Kier molecular flexibility index (Phi) is 11.7. The summed E-state index contributed by atoms with van der Waals surface area (Å²) in [4.78, 5) is 14.2. The fourth-order valence-corrected chi connectivity index (χ4v) is 4.30. The molecule has 1 aliphatic heterocycles. The Morgan fingerprint density at radius 2 is 1.32 bits per heavy atom. The second kappa shape index (κ2) is 14.4. The summed E-state index contributed by atoms with van der Waals surface area (Å²) in [6, 6.07) is 18.4. The molecule has 0 N–H and O–H groups in total. The molecule has 1 fully saturated rings. The lowest BCUT2D eigenvalue weighted by Gasteiger charge is -2.43. The van der Waals surface area contributed by atoms with Crippen molar-refractivity contribution in [2.24, 2.45) is 0 Å². The zero-order chi connectivity index (χ0) is 27.4. The number of aromatic nitrogens is 5. The Bertz CT molecular complexity index is 1190. The SMILES string of the molecule is CC.CC.CC.Cc1nc(N2CCN(C(C)(C)c3cn(-c4ccccc4)nn3)CC2)c2ccccc2n1. The third kappa shape index (κ3) is 6.92. The molecule has 2 aromatic carbocycles. The predicted octanol–water partition coefficient (Wildman–Crippen LogP) is 6.65. The lowest BCUT2D eigenvalue weighted by Crippen LogP contribution is -2.53. The van der Waals surface area contributed by atoms with E-state index in [0.29, 0.717) is 0 Å². The summed E-state index contributed by atoms with van der Waals surface area (Å²) in [6.45, 7) is 22.1. The highest BCUT2D eigenvalue weighted by Gasteiger charge is 2.34. The first kappa shape index (κ1) is 29.9. The van der Waals surface area contributed by atoms with Crippen molar-refractivity contribution in [2.45, 2.75) is 67.9 Å². The second-order valence-electron chi connectivity index (χ2n) is 8.53. The van der Waals surface area contributed by atoms with Gasteiger partial charge in [-0.05, 0) is 45.0 Å². The third-order valence-electron chi connectivity index (χ3n) is 6.21. The fraction of sp³-hybridized carbons (Fsp3) is 0.467. The van der Waals surface area contributed by atoms with Crippen LogP contribution in [-0.4, -0.2) is 56.0 Å². The van der Waals surface area contributed by atoms with Gasteiger partial charge < -0.3 is 4.90 Å². The Morgan fingerprint density at radius 1 is 0.730 bits per heavy atom. The van der Waals surface area contributed by atoms with E-state index < -0.39 is 0 Å². The number of anilines is 1. The Hall–Kier alpha value is -3.32. The third-order valence-corrected chi connectivity index (χ3v) is 6.21. The number of hydrogen-bond donors (Lipinski definition) is 0. The van der Waals surface area contributed by atoms with Crippen LogP contribution in [0.25, 0.3) is 16.6 Å². The van der Waals surface area contributed by atoms with Crippen LogP contribution >= 0.6 is 0 Å². The highest BCUT2D eigenvalue weighted by Crippen LogP contribution is 2.30.